The van der Waals surface area contributed by atoms with Gasteiger partial charge in [-0.2, -0.15) is 0 Å². The number of ether oxygens (including phenoxy) is 2. The van der Waals surface area contributed by atoms with Crippen LogP contribution in [0.2, 0.25) is 0 Å². The number of aliphatic hydroxyl groups is 1. The van der Waals surface area contributed by atoms with Gasteiger partial charge in [0.05, 0.1) is 13.7 Å². The number of benzene rings is 1. The molecule has 1 saturated carbocycles. The fourth-order valence-electron chi connectivity index (χ4n) is 2.82. The highest BCUT2D eigenvalue weighted by Crippen LogP contribution is 2.22. The van der Waals surface area contributed by atoms with Crippen LogP contribution < -0.4 is 4.74 Å². The minimum absolute atomic E-state index is 0.504. The van der Waals surface area contributed by atoms with Crippen LogP contribution in [0.25, 0.3) is 0 Å². The fourth-order valence-corrected chi connectivity index (χ4v) is 2.82. The van der Waals surface area contributed by atoms with E-state index in [2.05, 4.69) is 11.8 Å². The van der Waals surface area contributed by atoms with Crippen molar-refractivity contribution in [2.24, 2.45) is 5.92 Å². The van der Waals surface area contributed by atoms with Gasteiger partial charge in [0, 0.05) is 12.5 Å². The molecule has 0 heterocycles. The maximum Gasteiger partial charge on any atom is 0.118 e. The molecule has 1 fully saturated rings. The number of rotatable bonds is 7. The van der Waals surface area contributed by atoms with Gasteiger partial charge in [-0.25, -0.2) is 0 Å². The van der Waals surface area contributed by atoms with Crippen LogP contribution in [0, 0.1) is 17.8 Å². The van der Waals surface area contributed by atoms with Crippen LogP contribution in [-0.2, 0) is 11.3 Å². The molecule has 1 aromatic carbocycles. The first-order chi connectivity index (χ1) is 11.3. The lowest BCUT2D eigenvalue weighted by Gasteiger charge is -2.15. The minimum atomic E-state index is -0.512. The molecule has 1 atom stereocenters. The second-order valence-electron chi connectivity index (χ2n) is 6.18. The summed E-state index contributed by atoms with van der Waals surface area (Å²) < 4.78 is 10.8. The van der Waals surface area contributed by atoms with Gasteiger partial charge < -0.3 is 14.6 Å². The highest BCUT2D eigenvalue weighted by Gasteiger charge is 2.10. The Morgan fingerprint density at radius 2 is 1.91 bits per heavy atom. The lowest BCUT2D eigenvalue weighted by Crippen LogP contribution is -2.08. The van der Waals surface area contributed by atoms with Crippen molar-refractivity contribution in [1.82, 2.24) is 0 Å². The lowest BCUT2D eigenvalue weighted by molar-refractivity contribution is 0.107. The van der Waals surface area contributed by atoms with E-state index in [1.54, 1.807) is 7.11 Å². The van der Waals surface area contributed by atoms with Crippen molar-refractivity contribution < 1.29 is 14.6 Å². The average Bonchev–Trinajstić information content (AvgIpc) is 2.61. The van der Waals surface area contributed by atoms with Crippen LogP contribution in [0.5, 0.6) is 5.75 Å². The summed E-state index contributed by atoms with van der Waals surface area (Å²) in [7, 11) is 1.66. The minimum Gasteiger partial charge on any atom is -0.497 e. The third-order valence-corrected chi connectivity index (χ3v) is 4.25. The number of hydrogen-bond acceptors (Lipinski definition) is 3. The van der Waals surface area contributed by atoms with Crippen LogP contribution in [0.4, 0.5) is 0 Å². The van der Waals surface area contributed by atoms with E-state index < -0.39 is 6.10 Å². The third kappa shape index (κ3) is 7.07. The van der Waals surface area contributed by atoms with Gasteiger partial charge in [-0.1, -0.05) is 43.2 Å². The summed E-state index contributed by atoms with van der Waals surface area (Å²) in [5, 5.41) is 9.91. The van der Waals surface area contributed by atoms with Crippen LogP contribution in [0.15, 0.2) is 24.3 Å². The molecule has 1 N–H and O–H groups in total. The van der Waals surface area contributed by atoms with Gasteiger partial charge in [-0.3, -0.25) is 0 Å². The van der Waals surface area contributed by atoms with Crippen molar-refractivity contribution in [1.29, 1.82) is 0 Å². The topological polar surface area (TPSA) is 38.7 Å². The molecule has 0 spiro atoms. The quantitative estimate of drug-likeness (QED) is 0.612. The lowest BCUT2D eigenvalue weighted by atomic mass is 9.89. The normalized spacial score (nSPS) is 16.4. The summed E-state index contributed by atoms with van der Waals surface area (Å²) in [6, 6.07) is 7.87. The van der Waals surface area contributed by atoms with Gasteiger partial charge in [0.15, 0.2) is 0 Å². The molecule has 0 aliphatic heterocycles. The summed E-state index contributed by atoms with van der Waals surface area (Å²) in [6.07, 6.45) is 7.31. The standard InChI is InChI=1S/C20H28O3/c1-22-20-13-10-18(11-14-20)16-23-15-5-8-19(21)12-9-17-6-3-2-4-7-17/h10-11,13-14,17,19,21H,2-8,15-16H2,1H3/t19-/m0/s1. The second kappa shape index (κ2) is 10.3. The molecule has 0 unspecified atom stereocenters. The molecule has 2 rings (SSSR count). The zero-order chi connectivity index (χ0) is 16.3. The highest BCUT2D eigenvalue weighted by molar-refractivity contribution is 5.26. The zero-order valence-corrected chi connectivity index (χ0v) is 14.1. The largest absolute Gasteiger partial charge is 0.497 e. The second-order valence-corrected chi connectivity index (χ2v) is 6.18. The van der Waals surface area contributed by atoms with Crippen molar-refractivity contribution in [2.75, 3.05) is 13.7 Å². The molecule has 23 heavy (non-hydrogen) atoms. The first-order valence-corrected chi connectivity index (χ1v) is 8.67. The van der Waals surface area contributed by atoms with E-state index in [0.29, 0.717) is 25.6 Å². The van der Waals surface area contributed by atoms with Crippen molar-refractivity contribution in [3.05, 3.63) is 29.8 Å². The predicted molar refractivity (Wildman–Crippen MR) is 92.2 cm³/mol. The Morgan fingerprint density at radius 1 is 1.17 bits per heavy atom. The molecule has 3 heteroatoms. The molecular formula is C20H28O3. The molecule has 126 valence electrons. The van der Waals surface area contributed by atoms with E-state index in [-0.39, 0.29) is 0 Å². The van der Waals surface area contributed by atoms with Crippen LogP contribution in [-0.4, -0.2) is 24.9 Å². The van der Waals surface area contributed by atoms with Gasteiger partial charge in [0.1, 0.15) is 11.9 Å². The summed E-state index contributed by atoms with van der Waals surface area (Å²) in [5.41, 5.74) is 1.13. The fraction of sp³-hybridized carbons (Fsp3) is 0.600. The Balaban J connectivity index is 1.56. The van der Waals surface area contributed by atoms with Crippen molar-refractivity contribution in [2.45, 2.75) is 57.7 Å². The van der Waals surface area contributed by atoms with Crippen molar-refractivity contribution in [3.63, 3.8) is 0 Å². The molecular weight excluding hydrogens is 288 g/mol. The van der Waals surface area contributed by atoms with Gasteiger partial charge in [0.2, 0.25) is 0 Å². The SMILES string of the molecule is COc1ccc(COCCC[C@H](O)C#CC2CCCCC2)cc1. The summed E-state index contributed by atoms with van der Waals surface area (Å²) in [4.78, 5) is 0. The van der Waals surface area contributed by atoms with Crippen LogP contribution in [0.1, 0.15) is 50.5 Å². The molecule has 1 aromatic rings. The van der Waals surface area contributed by atoms with E-state index in [4.69, 9.17) is 9.47 Å². The zero-order valence-electron chi connectivity index (χ0n) is 14.1. The Bertz CT molecular complexity index is 492. The number of methoxy groups -OCH3 is 1. The molecule has 0 radical (unpaired) electrons. The van der Waals surface area contributed by atoms with Gasteiger partial charge in [-0.05, 0) is 43.4 Å². The van der Waals surface area contributed by atoms with E-state index in [1.807, 2.05) is 24.3 Å². The Morgan fingerprint density at radius 3 is 2.61 bits per heavy atom. The average molecular weight is 316 g/mol. The first kappa shape index (κ1) is 17.8. The van der Waals surface area contributed by atoms with Gasteiger partial charge >= 0.3 is 0 Å². The smallest absolute Gasteiger partial charge is 0.118 e. The Hall–Kier alpha value is -1.50. The summed E-state index contributed by atoms with van der Waals surface area (Å²) >= 11 is 0. The van der Waals surface area contributed by atoms with Gasteiger partial charge in [-0.15, -0.1) is 0 Å². The van der Waals surface area contributed by atoms with E-state index in [1.165, 1.54) is 32.1 Å². The molecule has 0 bridgehead atoms. The predicted octanol–water partition coefficient (Wildman–Crippen LogP) is 3.94. The van der Waals surface area contributed by atoms with Crippen molar-refractivity contribution in [3.8, 4) is 17.6 Å². The summed E-state index contributed by atoms with van der Waals surface area (Å²) in [5.74, 6) is 7.62. The maximum atomic E-state index is 9.91. The molecule has 3 nitrogen and oxygen atoms in total. The molecule has 1 aliphatic rings. The van der Waals surface area contributed by atoms with E-state index >= 15 is 0 Å². The van der Waals surface area contributed by atoms with E-state index in [0.717, 1.165) is 17.7 Å². The molecule has 1 aliphatic carbocycles. The highest BCUT2D eigenvalue weighted by atomic mass is 16.5. The van der Waals surface area contributed by atoms with Crippen LogP contribution in [0.3, 0.4) is 0 Å². The first-order valence-electron chi connectivity index (χ1n) is 8.67. The van der Waals surface area contributed by atoms with Gasteiger partial charge in [0.25, 0.3) is 0 Å². The summed E-state index contributed by atoms with van der Waals surface area (Å²) in [6.45, 7) is 1.24. The van der Waals surface area contributed by atoms with Crippen molar-refractivity contribution >= 4 is 0 Å². The Labute approximate surface area is 140 Å². The molecule has 0 amide bonds. The number of hydrogen-bond donors (Lipinski definition) is 1. The monoisotopic (exact) mass is 316 g/mol. The Kier molecular flexibility index (Phi) is 8.00. The third-order valence-electron chi connectivity index (χ3n) is 4.25. The molecule has 0 saturated heterocycles. The van der Waals surface area contributed by atoms with Crippen LogP contribution >= 0.6 is 0 Å². The van der Waals surface area contributed by atoms with E-state index in [9.17, 15) is 5.11 Å². The number of aliphatic hydroxyl groups excluding tert-OH is 1. The maximum absolute atomic E-state index is 9.91. The molecule has 0 aromatic heterocycles.